The van der Waals surface area contributed by atoms with Crippen molar-refractivity contribution in [3.8, 4) is 0 Å². The number of carbonyl (C=O) groups is 1. The minimum Gasteiger partial charge on any atom is -0.326 e. The van der Waals surface area contributed by atoms with Gasteiger partial charge in [0.25, 0.3) is 0 Å². The number of rotatable bonds is 4. The first kappa shape index (κ1) is 12.2. The van der Waals surface area contributed by atoms with E-state index in [0.29, 0.717) is 24.6 Å². The lowest BCUT2D eigenvalue weighted by Gasteiger charge is -2.20. The number of Topliss-reactive ketones (excluding diaryl/α,β-unsaturated/α-hetero) is 1. The van der Waals surface area contributed by atoms with Crippen LogP contribution in [-0.4, -0.2) is 10.8 Å². The molecule has 1 aliphatic carbocycles. The van der Waals surface area contributed by atoms with Gasteiger partial charge in [0, 0.05) is 19.2 Å². The molecule has 1 aromatic rings. The van der Waals surface area contributed by atoms with E-state index < -0.39 is 0 Å². The van der Waals surface area contributed by atoms with Crippen LogP contribution in [0.1, 0.15) is 54.6 Å². The first-order valence-electron chi connectivity index (χ1n) is 6.48. The number of ketones is 1. The van der Waals surface area contributed by atoms with Gasteiger partial charge < -0.3 is 5.73 Å². The van der Waals surface area contributed by atoms with Crippen LogP contribution in [0, 0.1) is 5.92 Å². The van der Waals surface area contributed by atoms with Crippen LogP contribution in [0.4, 0.5) is 0 Å². The second kappa shape index (κ2) is 5.92. The van der Waals surface area contributed by atoms with E-state index in [1.54, 1.807) is 12.3 Å². The highest BCUT2D eigenvalue weighted by Gasteiger charge is 2.18. The van der Waals surface area contributed by atoms with Crippen molar-refractivity contribution in [2.45, 2.75) is 45.1 Å². The largest absolute Gasteiger partial charge is 0.326 e. The van der Waals surface area contributed by atoms with Crippen LogP contribution in [0.15, 0.2) is 18.3 Å². The van der Waals surface area contributed by atoms with E-state index in [-0.39, 0.29) is 5.78 Å². The van der Waals surface area contributed by atoms with E-state index in [1.807, 2.05) is 6.07 Å². The number of aromatic nitrogens is 1. The molecule has 3 heteroatoms. The highest BCUT2D eigenvalue weighted by Crippen LogP contribution is 2.27. The quantitative estimate of drug-likeness (QED) is 0.812. The Morgan fingerprint density at radius 1 is 1.29 bits per heavy atom. The van der Waals surface area contributed by atoms with Crippen LogP contribution in [0.5, 0.6) is 0 Å². The zero-order chi connectivity index (χ0) is 12.1. The molecule has 17 heavy (non-hydrogen) atoms. The third-order valence-electron chi connectivity index (χ3n) is 3.54. The summed E-state index contributed by atoms with van der Waals surface area (Å²) < 4.78 is 0. The smallest absolute Gasteiger partial charge is 0.181 e. The predicted octanol–water partition coefficient (Wildman–Crippen LogP) is 2.69. The lowest BCUT2D eigenvalue weighted by molar-refractivity contribution is 0.0945. The second-order valence-electron chi connectivity index (χ2n) is 4.89. The van der Waals surface area contributed by atoms with Gasteiger partial charge in [0.1, 0.15) is 5.69 Å². The van der Waals surface area contributed by atoms with Crippen LogP contribution in [0.25, 0.3) is 0 Å². The summed E-state index contributed by atoms with van der Waals surface area (Å²) in [5.74, 6) is 0.757. The molecule has 0 spiro atoms. The first-order chi connectivity index (χ1) is 8.29. The van der Waals surface area contributed by atoms with Gasteiger partial charge in [0.15, 0.2) is 5.78 Å². The Morgan fingerprint density at radius 3 is 2.65 bits per heavy atom. The molecule has 0 aliphatic heterocycles. The molecular formula is C14H20N2O. The lowest BCUT2D eigenvalue weighted by Crippen LogP contribution is -2.13. The van der Waals surface area contributed by atoms with E-state index in [2.05, 4.69) is 4.98 Å². The van der Waals surface area contributed by atoms with E-state index in [1.165, 1.54) is 32.1 Å². The van der Waals surface area contributed by atoms with E-state index in [0.717, 1.165) is 5.56 Å². The molecule has 2 rings (SSSR count). The van der Waals surface area contributed by atoms with Gasteiger partial charge in [-0.3, -0.25) is 9.78 Å². The molecule has 0 atom stereocenters. The number of hydrogen-bond donors (Lipinski definition) is 1. The SMILES string of the molecule is NCc1ccc(C(=O)CC2CCCCC2)nc1. The Labute approximate surface area is 102 Å². The Hall–Kier alpha value is -1.22. The van der Waals surface area contributed by atoms with Crippen LogP contribution in [0.3, 0.4) is 0 Å². The van der Waals surface area contributed by atoms with E-state index >= 15 is 0 Å². The molecule has 0 saturated heterocycles. The Balaban J connectivity index is 1.93. The molecule has 0 unspecified atom stereocenters. The molecule has 0 aromatic carbocycles. The van der Waals surface area contributed by atoms with Crippen LogP contribution in [-0.2, 0) is 6.54 Å². The average molecular weight is 232 g/mol. The van der Waals surface area contributed by atoms with E-state index in [4.69, 9.17) is 5.73 Å². The Bertz CT molecular complexity index is 366. The van der Waals surface area contributed by atoms with Crippen molar-refractivity contribution in [1.82, 2.24) is 4.98 Å². The summed E-state index contributed by atoms with van der Waals surface area (Å²) in [6.45, 7) is 0.476. The fourth-order valence-corrected chi connectivity index (χ4v) is 2.47. The normalized spacial score (nSPS) is 17.0. The molecule has 1 aromatic heterocycles. The maximum atomic E-state index is 12.0. The molecule has 3 nitrogen and oxygen atoms in total. The fourth-order valence-electron chi connectivity index (χ4n) is 2.47. The first-order valence-corrected chi connectivity index (χ1v) is 6.48. The topological polar surface area (TPSA) is 56.0 Å². The van der Waals surface area contributed by atoms with Crippen molar-refractivity contribution >= 4 is 5.78 Å². The molecule has 0 radical (unpaired) electrons. The average Bonchev–Trinajstić information content (AvgIpc) is 2.40. The summed E-state index contributed by atoms with van der Waals surface area (Å²) in [5, 5.41) is 0. The van der Waals surface area contributed by atoms with Gasteiger partial charge in [-0.25, -0.2) is 0 Å². The molecule has 1 fully saturated rings. The molecule has 92 valence electrons. The third kappa shape index (κ3) is 3.37. The lowest BCUT2D eigenvalue weighted by atomic mass is 9.85. The monoisotopic (exact) mass is 232 g/mol. The summed E-state index contributed by atoms with van der Waals surface area (Å²) in [6.07, 6.45) is 8.64. The molecule has 0 amide bonds. The zero-order valence-corrected chi connectivity index (χ0v) is 10.2. The molecular weight excluding hydrogens is 212 g/mol. The summed E-state index contributed by atoms with van der Waals surface area (Å²) in [7, 11) is 0. The maximum absolute atomic E-state index is 12.0. The fraction of sp³-hybridized carbons (Fsp3) is 0.571. The Morgan fingerprint density at radius 2 is 2.06 bits per heavy atom. The highest BCUT2D eigenvalue weighted by molar-refractivity contribution is 5.94. The van der Waals surface area contributed by atoms with Crippen LogP contribution >= 0.6 is 0 Å². The van der Waals surface area contributed by atoms with Crippen molar-refractivity contribution in [1.29, 1.82) is 0 Å². The van der Waals surface area contributed by atoms with Gasteiger partial charge >= 0.3 is 0 Å². The predicted molar refractivity (Wildman–Crippen MR) is 67.7 cm³/mol. The van der Waals surface area contributed by atoms with E-state index in [9.17, 15) is 4.79 Å². The van der Waals surface area contributed by atoms with Gasteiger partial charge in [-0.15, -0.1) is 0 Å². The van der Waals surface area contributed by atoms with Gasteiger partial charge in [-0.05, 0) is 17.5 Å². The van der Waals surface area contributed by atoms with Crippen molar-refractivity contribution in [2.24, 2.45) is 11.7 Å². The standard InChI is InChI=1S/C14H20N2O/c15-9-12-6-7-13(16-10-12)14(17)8-11-4-2-1-3-5-11/h6-7,10-11H,1-5,8-9,15H2. The number of pyridine rings is 1. The Kier molecular flexibility index (Phi) is 4.26. The van der Waals surface area contributed by atoms with Crippen molar-refractivity contribution < 1.29 is 4.79 Å². The second-order valence-corrected chi connectivity index (χ2v) is 4.89. The third-order valence-corrected chi connectivity index (χ3v) is 3.54. The van der Waals surface area contributed by atoms with Crippen LogP contribution in [0.2, 0.25) is 0 Å². The minimum atomic E-state index is 0.181. The number of carbonyl (C=O) groups excluding carboxylic acids is 1. The van der Waals surface area contributed by atoms with Crippen molar-refractivity contribution in [2.75, 3.05) is 0 Å². The molecule has 1 heterocycles. The highest BCUT2D eigenvalue weighted by atomic mass is 16.1. The maximum Gasteiger partial charge on any atom is 0.181 e. The molecule has 0 bridgehead atoms. The number of hydrogen-bond acceptors (Lipinski definition) is 3. The van der Waals surface area contributed by atoms with Gasteiger partial charge in [0.05, 0.1) is 0 Å². The molecule has 2 N–H and O–H groups in total. The minimum absolute atomic E-state index is 0.181. The summed E-state index contributed by atoms with van der Waals surface area (Å²) in [4.78, 5) is 16.2. The zero-order valence-electron chi connectivity index (χ0n) is 10.2. The van der Waals surface area contributed by atoms with Crippen molar-refractivity contribution in [3.63, 3.8) is 0 Å². The number of nitrogens with zero attached hydrogens (tertiary/aromatic N) is 1. The van der Waals surface area contributed by atoms with Crippen molar-refractivity contribution in [3.05, 3.63) is 29.6 Å². The summed E-state index contributed by atoms with van der Waals surface area (Å²) in [6, 6.07) is 3.69. The van der Waals surface area contributed by atoms with Gasteiger partial charge in [-0.1, -0.05) is 38.2 Å². The van der Waals surface area contributed by atoms with Gasteiger partial charge in [0.2, 0.25) is 0 Å². The van der Waals surface area contributed by atoms with Gasteiger partial charge in [-0.2, -0.15) is 0 Å². The van der Waals surface area contributed by atoms with Crippen LogP contribution < -0.4 is 5.73 Å². The molecule has 1 aliphatic rings. The summed E-state index contributed by atoms with van der Waals surface area (Å²) >= 11 is 0. The molecule has 1 saturated carbocycles. The summed E-state index contributed by atoms with van der Waals surface area (Å²) in [5.41, 5.74) is 7.06. The number of nitrogens with two attached hydrogens (primary N) is 1.